The lowest BCUT2D eigenvalue weighted by atomic mass is 10.1. The van der Waals surface area contributed by atoms with Gasteiger partial charge in [-0.1, -0.05) is 18.2 Å². The summed E-state index contributed by atoms with van der Waals surface area (Å²) in [6.07, 6.45) is 0. The number of aromatic nitrogens is 3. The van der Waals surface area contributed by atoms with Crippen LogP contribution in [0.1, 0.15) is 10.4 Å². The van der Waals surface area contributed by atoms with Crippen LogP contribution in [-0.4, -0.2) is 35.1 Å². The van der Waals surface area contributed by atoms with Crippen LogP contribution in [0.5, 0.6) is 11.5 Å². The van der Waals surface area contributed by atoms with Gasteiger partial charge in [0.2, 0.25) is 0 Å². The minimum absolute atomic E-state index is 0.283. The first-order chi connectivity index (χ1) is 13.7. The van der Waals surface area contributed by atoms with E-state index in [0.717, 1.165) is 11.2 Å². The zero-order valence-corrected chi connectivity index (χ0v) is 15.4. The Kier molecular flexibility index (Phi) is 4.63. The molecule has 1 amide bonds. The van der Waals surface area contributed by atoms with Gasteiger partial charge in [-0.2, -0.15) is 4.80 Å². The zero-order valence-electron chi connectivity index (χ0n) is 15.4. The summed E-state index contributed by atoms with van der Waals surface area (Å²) >= 11 is 0. The van der Waals surface area contributed by atoms with Gasteiger partial charge in [0.25, 0.3) is 5.91 Å². The second-order valence-electron chi connectivity index (χ2n) is 6.05. The van der Waals surface area contributed by atoms with Gasteiger partial charge in [0, 0.05) is 11.8 Å². The van der Waals surface area contributed by atoms with E-state index in [2.05, 4.69) is 15.5 Å². The van der Waals surface area contributed by atoms with Crippen LogP contribution in [0.4, 0.5) is 5.69 Å². The molecule has 1 aromatic heterocycles. The Labute approximate surface area is 161 Å². The summed E-state index contributed by atoms with van der Waals surface area (Å²) in [5, 5.41) is 11.8. The molecule has 0 fully saturated rings. The molecule has 0 saturated carbocycles. The van der Waals surface area contributed by atoms with Crippen LogP contribution < -0.4 is 14.8 Å². The summed E-state index contributed by atoms with van der Waals surface area (Å²) < 4.78 is 10.5. The van der Waals surface area contributed by atoms with Crippen molar-refractivity contribution in [3.63, 3.8) is 0 Å². The Hall–Kier alpha value is -3.87. The third kappa shape index (κ3) is 3.37. The Bertz CT molecular complexity index is 1140. The molecule has 140 valence electrons. The lowest BCUT2D eigenvalue weighted by molar-refractivity contribution is 0.102. The van der Waals surface area contributed by atoms with Gasteiger partial charge in [0.1, 0.15) is 22.5 Å². The summed E-state index contributed by atoms with van der Waals surface area (Å²) in [5.74, 6) is 0.773. The number of hydrogen-bond acceptors (Lipinski definition) is 5. The Morgan fingerprint density at radius 1 is 0.893 bits per heavy atom. The average molecular weight is 374 g/mol. The molecule has 0 aliphatic rings. The van der Waals surface area contributed by atoms with Crippen molar-refractivity contribution in [2.75, 3.05) is 19.5 Å². The normalized spacial score (nSPS) is 10.6. The number of benzene rings is 3. The molecule has 7 nitrogen and oxygen atoms in total. The summed E-state index contributed by atoms with van der Waals surface area (Å²) in [4.78, 5) is 14.3. The highest BCUT2D eigenvalue weighted by Crippen LogP contribution is 2.26. The number of methoxy groups -OCH3 is 2. The first-order valence-electron chi connectivity index (χ1n) is 8.64. The fraction of sp³-hybridized carbons (Fsp3) is 0.0952. The highest BCUT2D eigenvalue weighted by atomic mass is 16.5. The van der Waals surface area contributed by atoms with E-state index in [9.17, 15) is 4.79 Å². The van der Waals surface area contributed by atoms with Crippen molar-refractivity contribution in [2.24, 2.45) is 0 Å². The van der Waals surface area contributed by atoms with E-state index >= 15 is 0 Å². The highest BCUT2D eigenvalue weighted by molar-refractivity contribution is 6.06. The van der Waals surface area contributed by atoms with E-state index in [1.54, 1.807) is 42.2 Å². The van der Waals surface area contributed by atoms with Crippen LogP contribution in [0.3, 0.4) is 0 Å². The van der Waals surface area contributed by atoms with E-state index in [1.807, 2.05) is 36.4 Å². The van der Waals surface area contributed by atoms with Crippen LogP contribution in [0.2, 0.25) is 0 Å². The molecule has 4 aromatic rings. The number of hydrogen-bond donors (Lipinski definition) is 1. The minimum Gasteiger partial charge on any atom is -0.497 e. The molecule has 1 heterocycles. The van der Waals surface area contributed by atoms with Crippen molar-refractivity contribution in [3.8, 4) is 17.2 Å². The van der Waals surface area contributed by atoms with Crippen LogP contribution in [0.15, 0.2) is 66.7 Å². The van der Waals surface area contributed by atoms with E-state index in [-0.39, 0.29) is 5.91 Å². The van der Waals surface area contributed by atoms with Gasteiger partial charge in [-0.05, 0) is 42.5 Å². The van der Waals surface area contributed by atoms with Crippen molar-refractivity contribution in [1.82, 2.24) is 15.0 Å². The van der Waals surface area contributed by atoms with Crippen molar-refractivity contribution < 1.29 is 14.3 Å². The van der Waals surface area contributed by atoms with Crippen molar-refractivity contribution >= 4 is 22.6 Å². The van der Waals surface area contributed by atoms with Crippen LogP contribution in [-0.2, 0) is 0 Å². The van der Waals surface area contributed by atoms with Crippen molar-refractivity contribution in [3.05, 3.63) is 72.3 Å². The van der Waals surface area contributed by atoms with E-state index < -0.39 is 0 Å². The lowest BCUT2D eigenvalue weighted by Gasteiger charge is -2.10. The Morgan fingerprint density at radius 2 is 1.68 bits per heavy atom. The molecule has 0 atom stereocenters. The molecule has 0 aliphatic heterocycles. The molecule has 0 aliphatic carbocycles. The summed E-state index contributed by atoms with van der Waals surface area (Å²) in [7, 11) is 3.08. The predicted molar refractivity (Wildman–Crippen MR) is 106 cm³/mol. The molecular weight excluding hydrogens is 356 g/mol. The number of carbonyl (C=O) groups is 1. The Balaban J connectivity index is 1.60. The van der Waals surface area contributed by atoms with E-state index in [1.165, 1.54) is 7.11 Å². The SMILES string of the molecule is COc1ccc(C(=O)Nc2ccc3nn(-c4ccccc4)nc3c2)c(OC)c1. The smallest absolute Gasteiger partial charge is 0.259 e. The van der Waals surface area contributed by atoms with Gasteiger partial charge in [-0.25, -0.2) is 0 Å². The maximum atomic E-state index is 12.7. The summed E-state index contributed by atoms with van der Waals surface area (Å²) in [6, 6.07) is 20.1. The van der Waals surface area contributed by atoms with Crippen molar-refractivity contribution in [2.45, 2.75) is 0 Å². The van der Waals surface area contributed by atoms with Crippen molar-refractivity contribution in [1.29, 1.82) is 0 Å². The number of fused-ring (bicyclic) bond motifs is 1. The molecule has 0 radical (unpaired) electrons. The maximum absolute atomic E-state index is 12.7. The van der Waals surface area contributed by atoms with Crippen LogP contribution in [0.25, 0.3) is 16.7 Å². The zero-order chi connectivity index (χ0) is 19.5. The Morgan fingerprint density at radius 3 is 2.43 bits per heavy atom. The van der Waals surface area contributed by atoms with Gasteiger partial charge in [-0.3, -0.25) is 4.79 Å². The second-order valence-corrected chi connectivity index (χ2v) is 6.05. The monoisotopic (exact) mass is 374 g/mol. The van der Waals surface area contributed by atoms with Crippen LogP contribution in [0, 0.1) is 0 Å². The molecule has 0 bridgehead atoms. The van der Waals surface area contributed by atoms with E-state index in [4.69, 9.17) is 9.47 Å². The molecular formula is C21H18N4O3. The average Bonchev–Trinajstić information content (AvgIpc) is 3.17. The second kappa shape index (κ2) is 7.40. The summed E-state index contributed by atoms with van der Waals surface area (Å²) in [6.45, 7) is 0. The predicted octanol–water partition coefficient (Wildman–Crippen LogP) is 3.69. The molecule has 1 N–H and O–H groups in total. The number of carbonyl (C=O) groups excluding carboxylic acids is 1. The molecule has 7 heteroatoms. The standard InChI is InChI=1S/C21H18N4O3/c1-27-16-9-10-17(20(13-16)28-2)21(26)22-14-8-11-18-19(12-14)24-25(23-18)15-6-4-3-5-7-15/h3-13H,1-2H3,(H,22,26). The minimum atomic E-state index is -0.283. The highest BCUT2D eigenvalue weighted by Gasteiger charge is 2.14. The number of rotatable bonds is 5. The first kappa shape index (κ1) is 17.5. The van der Waals surface area contributed by atoms with Crippen LogP contribution >= 0.6 is 0 Å². The largest absolute Gasteiger partial charge is 0.497 e. The summed E-state index contributed by atoms with van der Waals surface area (Å²) in [5.41, 5.74) is 3.33. The van der Waals surface area contributed by atoms with Gasteiger partial charge < -0.3 is 14.8 Å². The quantitative estimate of drug-likeness (QED) is 0.576. The number of para-hydroxylation sites is 1. The van der Waals surface area contributed by atoms with Gasteiger partial charge >= 0.3 is 0 Å². The maximum Gasteiger partial charge on any atom is 0.259 e. The number of nitrogens with one attached hydrogen (secondary N) is 1. The van der Waals surface area contributed by atoms with Gasteiger partial charge in [0.15, 0.2) is 0 Å². The number of ether oxygens (including phenoxy) is 2. The van der Waals surface area contributed by atoms with E-state index in [0.29, 0.717) is 28.3 Å². The van der Waals surface area contributed by atoms with Gasteiger partial charge in [0.05, 0.1) is 25.5 Å². The molecule has 0 unspecified atom stereocenters. The molecule has 28 heavy (non-hydrogen) atoms. The molecule has 0 spiro atoms. The molecule has 3 aromatic carbocycles. The first-order valence-corrected chi connectivity index (χ1v) is 8.64. The third-order valence-electron chi connectivity index (χ3n) is 4.28. The number of nitrogens with zero attached hydrogens (tertiary/aromatic N) is 3. The lowest BCUT2D eigenvalue weighted by Crippen LogP contribution is -2.13. The molecule has 4 rings (SSSR count). The number of anilines is 1. The van der Waals surface area contributed by atoms with Gasteiger partial charge in [-0.15, -0.1) is 10.2 Å². The topological polar surface area (TPSA) is 78.3 Å². The fourth-order valence-electron chi connectivity index (χ4n) is 2.85. The third-order valence-corrected chi connectivity index (χ3v) is 4.28. The fourth-order valence-corrected chi connectivity index (χ4v) is 2.85. The molecule has 0 saturated heterocycles. The number of amides is 1.